The van der Waals surface area contributed by atoms with Gasteiger partial charge in [-0.15, -0.1) is 0 Å². The van der Waals surface area contributed by atoms with E-state index in [0.717, 1.165) is 24.9 Å². The molecule has 24 heavy (non-hydrogen) atoms. The Balaban J connectivity index is 1.62. The van der Waals surface area contributed by atoms with Crippen molar-refractivity contribution in [2.24, 2.45) is 15.8 Å². The molecule has 0 atom stereocenters. The average molecular weight is 343 g/mol. The van der Waals surface area contributed by atoms with Gasteiger partial charge in [0.25, 0.3) is 0 Å². The van der Waals surface area contributed by atoms with E-state index in [-0.39, 0.29) is 11.4 Å². The van der Waals surface area contributed by atoms with Crippen molar-refractivity contribution >= 4 is 29.0 Å². The highest BCUT2D eigenvalue weighted by Crippen LogP contribution is 2.63. The third-order valence-corrected chi connectivity index (χ3v) is 6.04. The van der Waals surface area contributed by atoms with Gasteiger partial charge in [0.2, 0.25) is 0 Å². The van der Waals surface area contributed by atoms with E-state index in [2.05, 4.69) is 29.3 Å². The predicted molar refractivity (Wildman–Crippen MR) is 98.9 cm³/mol. The van der Waals surface area contributed by atoms with Crippen LogP contribution in [0.5, 0.6) is 5.75 Å². The molecule has 1 aromatic carbocycles. The molecule has 2 fully saturated rings. The summed E-state index contributed by atoms with van der Waals surface area (Å²) >= 11 is 4.59. The van der Waals surface area contributed by atoms with Crippen LogP contribution in [0, 0.1) is 10.8 Å². The lowest BCUT2D eigenvalue weighted by Gasteiger charge is -2.26. The summed E-state index contributed by atoms with van der Waals surface area (Å²) in [6.07, 6.45) is 10.5. The molecule has 128 valence electrons. The third kappa shape index (κ3) is 3.45. The Labute approximate surface area is 149 Å². The Kier molecular flexibility index (Phi) is 5.17. The minimum atomic E-state index is -0.239. The summed E-state index contributed by atoms with van der Waals surface area (Å²) in [6.45, 7) is 2.24. The van der Waals surface area contributed by atoms with Crippen molar-refractivity contribution in [2.75, 3.05) is 0 Å². The molecule has 2 aliphatic carbocycles. The Hall–Kier alpha value is -1.51. The number of carbonyl (C=O) groups excluding carboxylic acids is 1. The third-order valence-electron chi connectivity index (χ3n) is 5.95. The monoisotopic (exact) mass is 343 g/mol. The van der Waals surface area contributed by atoms with Gasteiger partial charge in [-0.25, -0.2) is 0 Å². The van der Waals surface area contributed by atoms with E-state index >= 15 is 0 Å². The molecule has 0 aliphatic heterocycles. The van der Waals surface area contributed by atoms with Crippen LogP contribution in [0.15, 0.2) is 29.3 Å². The summed E-state index contributed by atoms with van der Waals surface area (Å²) in [4.78, 5) is 16.7. The van der Waals surface area contributed by atoms with Crippen LogP contribution in [-0.2, 0) is 4.79 Å². The summed E-state index contributed by atoms with van der Waals surface area (Å²) < 4.78 is 5.70. The van der Waals surface area contributed by atoms with Crippen LogP contribution < -0.4 is 4.74 Å². The number of ether oxygens (including phenoxy) is 1. The summed E-state index contributed by atoms with van der Waals surface area (Å²) in [6, 6.07) is 7.13. The molecule has 1 aromatic rings. The molecule has 0 amide bonds. The SMILES string of the molecule is CCCCCC12CCC(C(=O)Oc3ccc(N=C=S)cc3)(CC1)C2. The van der Waals surface area contributed by atoms with Crippen molar-refractivity contribution in [3.63, 3.8) is 0 Å². The smallest absolute Gasteiger partial charge is 0.317 e. The molecule has 0 saturated heterocycles. The summed E-state index contributed by atoms with van der Waals surface area (Å²) in [5.41, 5.74) is 0.892. The zero-order valence-electron chi connectivity index (χ0n) is 14.3. The number of fused-ring (bicyclic) bond motifs is 2. The maximum Gasteiger partial charge on any atom is 0.317 e. The van der Waals surface area contributed by atoms with Gasteiger partial charge < -0.3 is 4.74 Å². The zero-order valence-corrected chi connectivity index (χ0v) is 15.2. The number of isothiocyanates is 1. The van der Waals surface area contributed by atoms with Crippen LogP contribution in [-0.4, -0.2) is 11.1 Å². The first kappa shape index (κ1) is 17.3. The van der Waals surface area contributed by atoms with E-state index in [1.165, 1.54) is 38.5 Å². The molecule has 0 aromatic heterocycles. The van der Waals surface area contributed by atoms with Crippen LogP contribution in [0.1, 0.15) is 64.7 Å². The second-order valence-corrected chi connectivity index (χ2v) is 7.68. The lowest BCUT2D eigenvalue weighted by molar-refractivity contribution is -0.145. The first-order valence-electron chi connectivity index (χ1n) is 9.02. The number of benzene rings is 1. The molecule has 3 rings (SSSR count). The van der Waals surface area contributed by atoms with E-state index in [0.29, 0.717) is 11.2 Å². The first-order chi connectivity index (χ1) is 11.6. The van der Waals surface area contributed by atoms with E-state index in [1.54, 1.807) is 24.3 Å². The number of esters is 1. The highest BCUT2D eigenvalue weighted by Gasteiger charge is 2.58. The van der Waals surface area contributed by atoms with Gasteiger partial charge >= 0.3 is 5.97 Å². The highest BCUT2D eigenvalue weighted by atomic mass is 32.1. The normalized spacial score (nSPS) is 27.7. The van der Waals surface area contributed by atoms with Crippen LogP contribution in [0.2, 0.25) is 0 Å². The number of unbranched alkanes of at least 4 members (excludes halogenated alkanes) is 2. The van der Waals surface area contributed by atoms with Crippen molar-refractivity contribution in [2.45, 2.75) is 64.7 Å². The van der Waals surface area contributed by atoms with Crippen molar-refractivity contribution in [1.82, 2.24) is 0 Å². The maximum atomic E-state index is 12.8. The summed E-state index contributed by atoms with van der Waals surface area (Å²) in [5.74, 6) is 0.552. The Morgan fingerprint density at radius 1 is 1.21 bits per heavy atom. The molecule has 0 heterocycles. The predicted octanol–water partition coefficient (Wildman–Crippen LogP) is 5.86. The number of aliphatic imine (C=N–C) groups is 1. The fourth-order valence-corrected chi connectivity index (χ4v) is 4.66. The Morgan fingerprint density at radius 3 is 2.54 bits per heavy atom. The second-order valence-electron chi connectivity index (χ2n) is 7.50. The van der Waals surface area contributed by atoms with Gasteiger partial charge in [0.15, 0.2) is 0 Å². The number of thiocarbonyl (C=S) groups is 1. The fraction of sp³-hybridized carbons (Fsp3) is 0.600. The molecule has 3 nitrogen and oxygen atoms in total. The van der Waals surface area contributed by atoms with Gasteiger partial charge in [-0.1, -0.05) is 26.2 Å². The lowest BCUT2D eigenvalue weighted by atomic mass is 9.79. The summed E-state index contributed by atoms with van der Waals surface area (Å²) in [7, 11) is 0. The quantitative estimate of drug-likeness (QED) is 0.205. The number of nitrogens with zero attached hydrogens (tertiary/aromatic N) is 1. The van der Waals surface area contributed by atoms with Crippen molar-refractivity contribution < 1.29 is 9.53 Å². The molecule has 4 heteroatoms. The number of hydrogen-bond donors (Lipinski definition) is 0. The van der Waals surface area contributed by atoms with Gasteiger partial charge in [-0.2, -0.15) is 4.99 Å². The average Bonchev–Trinajstić information content (AvgIpc) is 3.15. The van der Waals surface area contributed by atoms with Crippen molar-refractivity contribution in [1.29, 1.82) is 0 Å². The molecule has 2 aliphatic rings. The largest absolute Gasteiger partial charge is 0.426 e. The van der Waals surface area contributed by atoms with Crippen molar-refractivity contribution in [3.05, 3.63) is 24.3 Å². The van der Waals surface area contributed by atoms with Crippen LogP contribution in [0.25, 0.3) is 0 Å². The zero-order chi connectivity index (χ0) is 17.0. The fourth-order valence-electron chi connectivity index (χ4n) is 4.55. The van der Waals surface area contributed by atoms with Gasteiger partial charge in [0.1, 0.15) is 5.75 Å². The van der Waals surface area contributed by atoms with Crippen LogP contribution >= 0.6 is 12.2 Å². The molecule has 0 spiro atoms. The number of rotatable bonds is 7. The van der Waals surface area contributed by atoms with Crippen LogP contribution in [0.4, 0.5) is 5.69 Å². The van der Waals surface area contributed by atoms with Gasteiger partial charge in [0, 0.05) is 0 Å². The van der Waals surface area contributed by atoms with E-state index in [4.69, 9.17) is 4.74 Å². The van der Waals surface area contributed by atoms with Crippen LogP contribution in [0.3, 0.4) is 0 Å². The molecule has 0 unspecified atom stereocenters. The van der Waals surface area contributed by atoms with Gasteiger partial charge in [-0.05, 0) is 80.4 Å². The molecule has 2 bridgehead atoms. The standard InChI is InChI=1S/C20H25NO2S/c1-2-3-4-9-19-10-12-20(14-19,13-11-19)18(22)23-17-7-5-16(6-8-17)21-15-24/h5-8H,2-4,9-14H2,1H3. The minimum Gasteiger partial charge on any atom is -0.426 e. The topological polar surface area (TPSA) is 38.7 Å². The Morgan fingerprint density at radius 2 is 1.92 bits per heavy atom. The van der Waals surface area contributed by atoms with Gasteiger partial charge in [-0.3, -0.25) is 4.79 Å². The van der Waals surface area contributed by atoms with Crippen molar-refractivity contribution in [3.8, 4) is 5.75 Å². The first-order valence-corrected chi connectivity index (χ1v) is 9.43. The molecule has 2 saturated carbocycles. The number of carbonyl (C=O) groups is 1. The van der Waals surface area contributed by atoms with E-state index in [1.807, 2.05) is 0 Å². The van der Waals surface area contributed by atoms with E-state index in [9.17, 15) is 4.79 Å². The lowest BCUT2D eigenvalue weighted by Crippen LogP contribution is -2.30. The number of hydrogen-bond acceptors (Lipinski definition) is 4. The van der Waals surface area contributed by atoms with Gasteiger partial charge in [0.05, 0.1) is 16.3 Å². The maximum absolute atomic E-state index is 12.8. The minimum absolute atomic E-state index is 0.0385. The Bertz CT molecular complexity index is 638. The molecule has 0 N–H and O–H groups in total. The molecule has 0 radical (unpaired) electrons. The second kappa shape index (κ2) is 7.16. The molecular weight excluding hydrogens is 318 g/mol. The highest BCUT2D eigenvalue weighted by molar-refractivity contribution is 7.78. The summed E-state index contributed by atoms with van der Waals surface area (Å²) in [5, 5.41) is 2.34. The van der Waals surface area contributed by atoms with E-state index < -0.39 is 0 Å². The molecular formula is C20H25NO2S.